The van der Waals surface area contributed by atoms with Gasteiger partial charge in [0.05, 0.1) is 26.9 Å². The predicted octanol–water partition coefficient (Wildman–Crippen LogP) is -1.50. The molecule has 0 radical (unpaired) electrons. The molecule has 2 aliphatic rings. The number of carbonyl (C=O) groups is 3. The number of aliphatic hydroxyl groups excluding tert-OH is 2. The van der Waals surface area contributed by atoms with Gasteiger partial charge in [-0.3, -0.25) is 29.3 Å². The molecule has 4 N–H and O–H groups in total. The molecule has 4 atom stereocenters. The van der Waals surface area contributed by atoms with Gasteiger partial charge >= 0.3 is 11.7 Å². The number of rotatable bonds is 4. The zero-order valence-electron chi connectivity index (χ0n) is 15.4. The highest BCUT2D eigenvalue weighted by Gasteiger charge is 2.48. The molecule has 13 heteroatoms. The summed E-state index contributed by atoms with van der Waals surface area (Å²) in [5, 5.41) is 22.4. The first-order valence-electron chi connectivity index (χ1n) is 8.88. The molecule has 0 bridgehead atoms. The topological polar surface area (TPSA) is 177 Å². The molecule has 4 rings (SSSR count). The molecule has 2 amide bonds. The summed E-state index contributed by atoms with van der Waals surface area (Å²) >= 11 is 1.69. The molecule has 2 aliphatic heterocycles. The highest BCUT2D eigenvalue weighted by Crippen LogP contribution is 2.32. The molecule has 3 heterocycles. The maximum atomic E-state index is 12.7. The van der Waals surface area contributed by atoms with Crippen LogP contribution in [0, 0.1) is 3.57 Å². The Kier molecular flexibility index (Phi) is 5.50. The van der Waals surface area contributed by atoms with Crippen LogP contribution in [0.3, 0.4) is 0 Å². The summed E-state index contributed by atoms with van der Waals surface area (Å²) < 4.78 is 11.9. The fourth-order valence-corrected chi connectivity index (χ4v) is 3.90. The van der Waals surface area contributed by atoms with Gasteiger partial charge in [0.2, 0.25) is 0 Å². The molecule has 162 valence electrons. The number of esters is 1. The summed E-state index contributed by atoms with van der Waals surface area (Å²) in [6, 6.07) is 4.04. The Morgan fingerprint density at radius 2 is 1.97 bits per heavy atom. The SMILES string of the molecule is O=C1NC(=O)c2c1cccc2C(=O)O[C@H]1[C@@H](O)[C@H](n2cc(I)c(=O)[nH]c2=O)O[C@@H]1CO. The van der Waals surface area contributed by atoms with E-state index in [0.717, 1.165) is 10.8 Å². The van der Waals surface area contributed by atoms with Crippen LogP contribution in [0.25, 0.3) is 0 Å². The van der Waals surface area contributed by atoms with Gasteiger partial charge in [0.15, 0.2) is 12.3 Å². The molecule has 0 saturated carbocycles. The van der Waals surface area contributed by atoms with Crippen molar-refractivity contribution in [1.82, 2.24) is 14.9 Å². The van der Waals surface area contributed by atoms with Crippen molar-refractivity contribution in [3.63, 3.8) is 0 Å². The van der Waals surface area contributed by atoms with Crippen molar-refractivity contribution < 1.29 is 34.1 Å². The molecule has 1 saturated heterocycles. The maximum Gasteiger partial charge on any atom is 0.339 e. The average molecular weight is 543 g/mol. The van der Waals surface area contributed by atoms with Crippen molar-refractivity contribution in [3.05, 3.63) is 65.5 Å². The lowest BCUT2D eigenvalue weighted by molar-refractivity contribution is -0.0564. The van der Waals surface area contributed by atoms with Gasteiger partial charge in [-0.2, -0.15) is 0 Å². The summed E-state index contributed by atoms with van der Waals surface area (Å²) in [5.74, 6) is -2.45. The zero-order chi connectivity index (χ0) is 22.4. The number of benzene rings is 1. The van der Waals surface area contributed by atoms with E-state index < -0.39 is 60.2 Å². The van der Waals surface area contributed by atoms with E-state index in [4.69, 9.17) is 9.47 Å². The Hall–Kier alpha value is -2.88. The van der Waals surface area contributed by atoms with E-state index in [9.17, 15) is 34.2 Å². The Morgan fingerprint density at radius 1 is 1.23 bits per heavy atom. The first-order chi connectivity index (χ1) is 14.7. The lowest BCUT2D eigenvalue weighted by atomic mass is 10.0. The molecule has 1 aromatic carbocycles. The van der Waals surface area contributed by atoms with E-state index >= 15 is 0 Å². The van der Waals surface area contributed by atoms with E-state index in [1.54, 1.807) is 22.6 Å². The van der Waals surface area contributed by atoms with Crippen LogP contribution in [0.15, 0.2) is 34.0 Å². The van der Waals surface area contributed by atoms with Crippen LogP contribution in [0.5, 0.6) is 0 Å². The number of hydrogen-bond acceptors (Lipinski definition) is 9. The molecule has 0 spiro atoms. The van der Waals surface area contributed by atoms with Gasteiger partial charge in [-0.05, 0) is 34.7 Å². The second-order valence-corrected chi connectivity index (χ2v) is 7.93. The summed E-state index contributed by atoms with van der Waals surface area (Å²) in [7, 11) is 0. The van der Waals surface area contributed by atoms with Gasteiger partial charge in [-0.1, -0.05) is 6.07 Å². The molecule has 1 fully saturated rings. The molecule has 1 aromatic heterocycles. The van der Waals surface area contributed by atoms with Crippen LogP contribution < -0.4 is 16.6 Å². The molecule has 12 nitrogen and oxygen atoms in total. The standard InChI is InChI=1S/C18H14IN3O9/c19-8-4-22(18(29)21-14(8)26)16-11(24)12(9(5-23)30-16)31-17(28)7-3-1-2-6-10(7)15(27)20-13(6)25/h1-4,9,11-12,16,23-24H,5H2,(H,20,25,27)(H,21,26,29)/t9-,11-,12-,16-/m1/s1. The number of fused-ring (bicyclic) bond motifs is 1. The number of halogens is 1. The number of amides is 2. The lowest BCUT2D eigenvalue weighted by Gasteiger charge is -2.20. The van der Waals surface area contributed by atoms with Crippen molar-refractivity contribution in [2.45, 2.75) is 24.5 Å². The molecule has 2 aromatic rings. The Labute approximate surface area is 185 Å². The number of nitrogens with one attached hydrogen (secondary N) is 2. The Bertz CT molecular complexity index is 1220. The van der Waals surface area contributed by atoms with Crippen molar-refractivity contribution in [3.8, 4) is 0 Å². The minimum absolute atomic E-state index is 0.00798. The van der Waals surface area contributed by atoms with Crippen LogP contribution in [-0.2, 0) is 9.47 Å². The summed E-state index contributed by atoms with van der Waals surface area (Å²) in [6.07, 6.45) is -4.40. The molecular weight excluding hydrogens is 529 g/mol. The predicted molar refractivity (Wildman–Crippen MR) is 108 cm³/mol. The van der Waals surface area contributed by atoms with Gasteiger partial charge < -0.3 is 19.7 Å². The van der Waals surface area contributed by atoms with Crippen LogP contribution in [-0.4, -0.2) is 62.5 Å². The average Bonchev–Trinajstić information content (AvgIpc) is 3.21. The monoisotopic (exact) mass is 543 g/mol. The normalized spacial score (nSPS) is 24.7. The highest BCUT2D eigenvalue weighted by molar-refractivity contribution is 14.1. The van der Waals surface area contributed by atoms with Crippen molar-refractivity contribution in [1.29, 1.82) is 0 Å². The number of aromatic nitrogens is 2. The summed E-state index contributed by atoms with van der Waals surface area (Å²) in [4.78, 5) is 62.3. The third-order valence-electron chi connectivity index (χ3n) is 4.91. The van der Waals surface area contributed by atoms with Crippen molar-refractivity contribution in [2.75, 3.05) is 6.61 Å². The second-order valence-electron chi connectivity index (χ2n) is 6.76. The number of ether oxygens (including phenoxy) is 2. The lowest BCUT2D eigenvalue weighted by Crippen LogP contribution is -2.40. The molecule has 0 aliphatic carbocycles. The van der Waals surface area contributed by atoms with E-state index in [-0.39, 0.29) is 20.3 Å². The third kappa shape index (κ3) is 3.58. The van der Waals surface area contributed by atoms with Gasteiger partial charge in [0.25, 0.3) is 17.4 Å². The van der Waals surface area contributed by atoms with Gasteiger partial charge in [-0.15, -0.1) is 0 Å². The first kappa shape index (κ1) is 21.4. The number of imide groups is 1. The Morgan fingerprint density at radius 3 is 2.68 bits per heavy atom. The van der Waals surface area contributed by atoms with E-state index in [1.165, 1.54) is 18.2 Å². The van der Waals surface area contributed by atoms with Crippen molar-refractivity contribution >= 4 is 40.4 Å². The fourth-order valence-electron chi connectivity index (χ4n) is 3.47. The fraction of sp³-hybridized carbons (Fsp3) is 0.278. The molecule has 31 heavy (non-hydrogen) atoms. The Balaban J connectivity index is 1.64. The zero-order valence-corrected chi connectivity index (χ0v) is 17.6. The minimum atomic E-state index is -1.59. The summed E-state index contributed by atoms with van der Waals surface area (Å²) in [6.45, 7) is -0.660. The number of carbonyl (C=O) groups excluding carboxylic acids is 3. The van der Waals surface area contributed by atoms with Crippen LogP contribution in [0.4, 0.5) is 0 Å². The van der Waals surface area contributed by atoms with E-state index in [2.05, 4.69) is 10.3 Å². The largest absolute Gasteiger partial charge is 0.453 e. The van der Waals surface area contributed by atoms with Gasteiger partial charge in [0.1, 0.15) is 12.2 Å². The number of hydrogen-bond donors (Lipinski definition) is 4. The number of H-pyrrole nitrogens is 1. The van der Waals surface area contributed by atoms with Crippen LogP contribution in [0.1, 0.15) is 37.3 Å². The van der Waals surface area contributed by atoms with Crippen LogP contribution >= 0.6 is 22.6 Å². The first-order valence-corrected chi connectivity index (χ1v) is 9.95. The molecule has 0 unspecified atom stereocenters. The molecular formula is C18H14IN3O9. The van der Waals surface area contributed by atoms with Gasteiger partial charge in [-0.25, -0.2) is 9.59 Å². The van der Waals surface area contributed by atoms with Gasteiger partial charge in [0, 0.05) is 6.20 Å². The number of aromatic amines is 1. The van der Waals surface area contributed by atoms with Crippen molar-refractivity contribution in [2.24, 2.45) is 0 Å². The highest BCUT2D eigenvalue weighted by atomic mass is 127. The quantitative estimate of drug-likeness (QED) is 0.203. The number of aliphatic hydroxyl groups is 2. The van der Waals surface area contributed by atoms with E-state index in [0.29, 0.717) is 0 Å². The van der Waals surface area contributed by atoms with Crippen LogP contribution in [0.2, 0.25) is 0 Å². The smallest absolute Gasteiger partial charge is 0.339 e. The third-order valence-corrected chi connectivity index (χ3v) is 5.68. The minimum Gasteiger partial charge on any atom is -0.453 e. The maximum absolute atomic E-state index is 12.7. The second kappa shape index (κ2) is 7.99. The summed E-state index contributed by atoms with van der Waals surface area (Å²) in [5.41, 5.74) is -1.84. The van der Waals surface area contributed by atoms with E-state index in [1.807, 2.05) is 0 Å². The number of nitrogens with zero attached hydrogens (tertiary/aromatic N) is 1.